The number of rotatable bonds is 6. The van der Waals surface area contributed by atoms with Crippen molar-refractivity contribution >= 4 is 21.6 Å². The monoisotopic (exact) mass is 404 g/mol. The van der Waals surface area contributed by atoms with Crippen molar-refractivity contribution in [1.82, 2.24) is 5.32 Å². The lowest BCUT2D eigenvalue weighted by Gasteiger charge is -2.20. The Kier molecular flexibility index (Phi) is 6.39. The zero-order chi connectivity index (χ0) is 21.1. The van der Waals surface area contributed by atoms with Crippen molar-refractivity contribution in [2.45, 2.75) is 52.0 Å². The summed E-state index contributed by atoms with van der Waals surface area (Å²) >= 11 is 0. The second kappa shape index (κ2) is 8.22. The zero-order valence-corrected chi connectivity index (χ0v) is 18.0. The number of anilines is 1. The van der Waals surface area contributed by atoms with Crippen LogP contribution in [0.4, 0.5) is 5.69 Å². The van der Waals surface area contributed by atoms with E-state index in [2.05, 4.69) is 10.0 Å². The van der Waals surface area contributed by atoms with Gasteiger partial charge in [0.05, 0.1) is 4.90 Å². The number of aryl methyl sites for hydroxylation is 3. The smallest absolute Gasteiger partial charge is 0.261 e. The van der Waals surface area contributed by atoms with E-state index in [0.29, 0.717) is 17.0 Å². The molecular formula is C21H28N2O4S. The number of ether oxygens (including phenoxy) is 1. The summed E-state index contributed by atoms with van der Waals surface area (Å²) in [5.74, 6) is 0.231. The molecule has 0 atom stereocenters. The van der Waals surface area contributed by atoms with Gasteiger partial charge in [-0.3, -0.25) is 9.52 Å². The maximum absolute atomic E-state index is 12.7. The summed E-state index contributed by atoms with van der Waals surface area (Å²) in [5.41, 5.74) is 2.91. The molecule has 0 spiro atoms. The molecule has 0 aromatic heterocycles. The molecule has 2 N–H and O–H groups in total. The summed E-state index contributed by atoms with van der Waals surface area (Å²) in [6, 6.07) is 9.96. The average Bonchev–Trinajstić information content (AvgIpc) is 2.55. The minimum Gasteiger partial charge on any atom is -0.484 e. The van der Waals surface area contributed by atoms with Crippen molar-refractivity contribution in [2.24, 2.45) is 0 Å². The van der Waals surface area contributed by atoms with Gasteiger partial charge in [-0.25, -0.2) is 8.42 Å². The lowest BCUT2D eigenvalue weighted by Crippen LogP contribution is -2.43. The van der Waals surface area contributed by atoms with Gasteiger partial charge >= 0.3 is 0 Å². The van der Waals surface area contributed by atoms with Crippen LogP contribution in [0.25, 0.3) is 0 Å². The fraction of sp³-hybridized carbons (Fsp3) is 0.381. The number of sulfonamides is 1. The molecule has 0 aliphatic rings. The highest BCUT2D eigenvalue weighted by Crippen LogP contribution is 2.24. The van der Waals surface area contributed by atoms with Crippen LogP contribution in [0.1, 0.15) is 37.5 Å². The molecule has 0 unspecified atom stereocenters. The van der Waals surface area contributed by atoms with Gasteiger partial charge in [-0.15, -0.1) is 0 Å². The third-order valence-electron chi connectivity index (χ3n) is 4.09. The predicted octanol–water partition coefficient (Wildman–Crippen LogP) is 3.71. The Labute approximate surface area is 167 Å². The summed E-state index contributed by atoms with van der Waals surface area (Å²) < 4.78 is 33.5. The molecule has 2 aromatic carbocycles. The second-order valence-electron chi connectivity index (χ2n) is 7.92. The third kappa shape index (κ3) is 5.99. The van der Waals surface area contributed by atoms with Crippen molar-refractivity contribution in [1.29, 1.82) is 0 Å². The molecule has 0 bridgehead atoms. The molecule has 6 nitrogen and oxygen atoms in total. The maximum Gasteiger partial charge on any atom is 0.261 e. The van der Waals surface area contributed by atoms with Gasteiger partial charge in [-0.05, 0) is 88.6 Å². The quantitative estimate of drug-likeness (QED) is 0.769. The molecule has 0 aliphatic carbocycles. The predicted molar refractivity (Wildman–Crippen MR) is 111 cm³/mol. The largest absolute Gasteiger partial charge is 0.484 e. The van der Waals surface area contributed by atoms with Crippen LogP contribution in [0.5, 0.6) is 5.75 Å². The van der Waals surface area contributed by atoms with Crippen molar-refractivity contribution in [3.8, 4) is 5.75 Å². The molecule has 0 saturated heterocycles. The van der Waals surface area contributed by atoms with E-state index in [1.807, 2.05) is 40.7 Å². The number of nitrogens with one attached hydrogen (secondary N) is 2. The average molecular weight is 405 g/mol. The Morgan fingerprint density at radius 3 is 2.21 bits per heavy atom. The Hall–Kier alpha value is -2.54. The Morgan fingerprint density at radius 2 is 1.64 bits per heavy atom. The van der Waals surface area contributed by atoms with Crippen LogP contribution in [-0.4, -0.2) is 26.5 Å². The van der Waals surface area contributed by atoms with Gasteiger partial charge in [0.1, 0.15) is 5.75 Å². The lowest BCUT2D eigenvalue weighted by atomic mass is 10.1. The number of hydrogen-bond acceptors (Lipinski definition) is 4. The minimum absolute atomic E-state index is 0.134. The molecule has 2 rings (SSSR count). The van der Waals surface area contributed by atoms with E-state index in [4.69, 9.17) is 4.74 Å². The van der Waals surface area contributed by atoms with Gasteiger partial charge in [0.25, 0.3) is 15.9 Å². The Bertz CT molecular complexity index is 976. The van der Waals surface area contributed by atoms with Crippen LogP contribution in [-0.2, 0) is 14.8 Å². The normalized spacial score (nSPS) is 11.8. The molecule has 0 radical (unpaired) electrons. The first-order valence-corrected chi connectivity index (χ1v) is 10.5. The molecule has 152 valence electrons. The molecule has 0 fully saturated rings. The molecule has 28 heavy (non-hydrogen) atoms. The summed E-state index contributed by atoms with van der Waals surface area (Å²) in [5, 5.41) is 2.81. The highest BCUT2D eigenvalue weighted by Gasteiger charge is 2.17. The highest BCUT2D eigenvalue weighted by atomic mass is 32.2. The molecule has 0 heterocycles. The molecular weight excluding hydrogens is 376 g/mol. The van der Waals surface area contributed by atoms with E-state index in [1.165, 1.54) is 12.1 Å². The summed E-state index contributed by atoms with van der Waals surface area (Å²) in [6.07, 6.45) is 0. The number of carbonyl (C=O) groups excluding carboxylic acids is 1. The first-order chi connectivity index (χ1) is 12.9. The first-order valence-electron chi connectivity index (χ1n) is 9.02. The number of carbonyl (C=O) groups is 1. The van der Waals surface area contributed by atoms with Gasteiger partial charge in [0.15, 0.2) is 6.61 Å². The van der Waals surface area contributed by atoms with Crippen molar-refractivity contribution in [2.75, 3.05) is 11.3 Å². The maximum atomic E-state index is 12.7. The molecule has 7 heteroatoms. The second-order valence-corrected chi connectivity index (χ2v) is 9.60. The molecule has 1 amide bonds. The number of amides is 1. The van der Waals surface area contributed by atoms with Gasteiger partial charge in [0.2, 0.25) is 0 Å². The van der Waals surface area contributed by atoms with Gasteiger partial charge < -0.3 is 10.1 Å². The first kappa shape index (κ1) is 21.8. The SMILES string of the molecule is Cc1ccc(NS(=O)(=O)c2ccc(OCC(=O)NC(C)(C)C)c(C)c2)cc1C. The standard InChI is InChI=1S/C21H28N2O4S/c1-14-7-8-17(11-15(14)2)23-28(25,26)18-9-10-19(16(3)12-18)27-13-20(24)22-21(4,5)6/h7-12,23H,13H2,1-6H3,(H,22,24). The molecule has 0 saturated carbocycles. The van der Waals surface area contributed by atoms with Crippen LogP contribution < -0.4 is 14.8 Å². The van der Waals surface area contributed by atoms with Crippen LogP contribution in [0.3, 0.4) is 0 Å². The van der Waals surface area contributed by atoms with E-state index in [0.717, 1.165) is 11.1 Å². The van der Waals surface area contributed by atoms with E-state index in [9.17, 15) is 13.2 Å². The molecule has 0 aliphatic heterocycles. The molecule has 2 aromatic rings. The topological polar surface area (TPSA) is 84.5 Å². The summed E-state index contributed by atoms with van der Waals surface area (Å²) in [7, 11) is -3.72. The number of benzene rings is 2. The van der Waals surface area contributed by atoms with Crippen molar-refractivity contribution in [3.05, 3.63) is 53.1 Å². The van der Waals surface area contributed by atoms with Crippen LogP contribution in [0.2, 0.25) is 0 Å². The minimum atomic E-state index is -3.72. The zero-order valence-electron chi connectivity index (χ0n) is 17.2. The summed E-state index contributed by atoms with van der Waals surface area (Å²) in [4.78, 5) is 12.0. The summed E-state index contributed by atoms with van der Waals surface area (Å²) in [6.45, 7) is 11.2. The fourth-order valence-electron chi connectivity index (χ4n) is 2.57. The van der Waals surface area contributed by atoms with Crippen LogP contribution in [0.15, 0.2) is 41.3 Å². The van der Waals surface area contributed by atoms with Crippen LogP contribution >= 0.6 is 0 Å². The van der Waals surface area contributed by atoms with Gasteiger partial charge in [0, 0.05) is 11.2 Å². The van der Waals surface area contributed by atoms with Gasteiger partial charge in [-0.1, -0.05) is 6.07 Å². The Balaban J connectivity index is 2.11. The third-order valence-corrected chi connectivity index (χ3v) is 5.47. The van der Waals surface area contributed by atoms with E-state index < -0.39 is 10.0 Å². The highest BCUT2D eigenvalue weighted by molar-refractivity contribution is 7.92. The lowest BCUT2D eigenvalue weighted by molar-refractivity contribution is -0.124. The van der Waals surface area contributed by atoms with E-state index in [-0.39, 0.29) is 22.9 Å². The van der Waals surface area contributed by atoms with Gasteiger partial charge in [-0.2, -0.15) is 0 Å². The fourth-order valence-corrected chi connectivity index (χ4v) is 3.70. The van der Waals surface area contributed by atoms with E-state index >= 15 is 0 Å². The Morgan fingerprint density at radius 1 is 0.964 bits per heavy atom. The number of hydrogen-bond donors (Lipinski definition) is 2. The van der Waals surface area contributed by atoms with Crippen LogP contribution in [0, 0.1) is 20.8 Å². The van der Waals surface area contributed by atoms with Crippen molar-refractivity contribution < 1.29 is 17.9 Å². The van der Waals surface area contributed by atoms with E-state index in [1.54, 1.807) is 25.1 Å². The van der Waals surface area contributed by atoms with Crippen molar-refractivity contribution in [3.63, 3.8) is 0 Å².